The van der Waals surface area contributed by atoms with Gasteiger partial charge in [0.15, 0.2) is 0 Å². The van der Waals surface area contributed by atoms with Gasteiger partial charge in [0.1, 0.15) is 11.5 Å². The Hall–Kier alpha value is -2.56. The second-order valence-corrected chi connectivity index (χ2v) is 11.1. The Morgan fingerprint density at radius 3 is 2.61 bits per heavy atom. The highest BCUT2D eigenvalue weighted by Gasteiger charge is 2.56. The third kappa shape index (κ3) is 3.43. The molecule has 168 valence electrons. The number of hydrogen-bond donors (Lipinski definition) is 0. The average Bonchev–Trinajstić information content (AvgIpc) is 3.20. The van der Waals surface area contributed by atoms with E-state index in [2.05, 4.69) is 44.2 Å². The van der Waals surface area contributed by atoms with Gasteiger partial charge in [0, 0.05) is 29.8 Å². The van der Waals surface area contributed by atoms with Gasteiger partial charge in [0.25, 0.3) is 0 Å². The molecule has 0 amide bonds. The van der Waals surface area contributed by atoms with Crippen LogP contribution in [0.1, 0.15) is 56.7 Å². The van der Waals surface area contributed by atoms with Gasteiger partial charge >= 0.3 is 0 Å². The summed E-state index contributed by atoms with van der Waals surface area (Å²) in [7, 11) is 0. The zero-order valence-corrected chi connectivity index (χ0v) is 20.1. The van der Waals surface area contributed by atoms with E-state index in [0.717, 1.165) is 16.8 Å². The van der Waals surface area contributed by atoms with Gasteiger partial charge in [0.05, 0.1) is 23.2 Å². The molecule has 0 aromatic heterocycles. The van der Waals surface area contributed by atoms with Gasteiger partial charge in [-0.25, -0.2) is 5.01 Å². The molecule has 33 heavy (non-hydrogen) atoms. The normalized spacial score (nSPS) is 25.6. The number of ketones is 1. The van der Waals surface area contributed by atoms with Crippen LogP contribution < -0.4 is 4.74 Å². The molecule has 2 aliphatic heterocycles. The van der Waals surface area contributed by atoms with Crippen LogP contribution in [0.25, 0.3) is 10.8 Å². The molecular formula is C27H24Cl2N2O2. The van der Waals surface area contributed by atoms with Crippen LogP contribution in [-0.2, 0) is 4.79 Å². The summed E-state index contributed by atoms with van der Waals surface area (Å²) in [6.45, 7) is 4.24. The van der Waals surface area contributed by atoms with E-state index >= 15 is 0 Å². The van der Waals surface area contributed by atoms with Gasteiger partial charge in [-0.1, -0.05) is 73.4 Å². The van der Waals surface area contributed by atoms with E-state index in [0.29, 0.717) is 41.5 Å². The highest BCUT2D eigenvalue weighted by atomic mass is 35.5. The molecule has 4 nitrogen and oxygen atoms in total. The summed E-state index contributed by atoms with van der Waals surface area (Å²) in [5, 5.41) is 10.6. The van der Waals surface area contributed by atoms with Gasteiger partial charge in [-0.15, -0.1) is 0 Å². The lowest BCUT2D eigenvalue weighted by Gasteiger charge is -2.52. The zero-order chi connectivity index (χ0) is 23.0. The second kappa shape index (κ2) is 7.22. The van der Waals surface area contributed by atoms with Crippen molar-refractivity contribution in [3.05, 3.63) is 75.8 Å². The Balaban J connectivity index is 1.50. The lowest BCUT2D eigenvalue weighted by atomic mass is 9.71. The minimum Gasteiger partial charge on any atom is -0.464 e. The number of nitrogens with zero attached hydrogens (tertiary/aromatic N) is 2. The number of rotatable bonds is 1. The third-order valence-corrected chi connectivity index (χ3v) is 7.50. The van der Waals surface area contributed by atoms with Crippen molar-refractivity contribution in [1.82, 2.24) is 5.01 Å². The number of hydrogen-bond acceptors (Lipinski definition) is 4. The predicted molar refractivity (Wildman–Crippen MR) is 132 cm³/mol. The molecule has 3 aromatic carbocycles. The minimum atomic E-state index is -0.855. The molecule has 2 heterocycles. The lowest BCUT2D eigenvalue weighted by Crippen LogP contribution is -2.59. The molecule has 0 radical (unpaired) electrons. The third-order valence-electron chi connectivity index (χ3n) is 7.00. The topological polar surface area (TPSA) is 41.9 Å². The summed E-state index contributed by atoms with van der Waals surface area (Å²) in [6.07, 6.45) is 2.22. The molecule has 2 atom stereocenters. The molecule has 3 aliphatic rings. The number of Topliss-reactive ketones (excluding diaryl/α,β-unsaturated/α-hetero) is 1. The number of carbonyl (C=O) groups is 1. The fraction of sp³-hybridized carbons (Fsp3) is 0.333. The monoisotopic (exact) mass is 478 g/mol. The average molecular weight is 479 g/mol. The first-order chi connectivity index (χ1) is 15.7. The Morgan fingerprint density at radius 1 is 1.03 bits per heavy atom. The Labute approximate surface area is 203 Å². The summed E-state index contributed by atoms with van der Waals surface area (Å²) in [4.78, 5) is 12.9. The van der Waals surface area contributed by atoms with Crippen LogP contribution in [0.3, 0.4) is 0 Å². The summed E-state index contributed by atoms with van der Waals surface area (Å²) < 4.78 is 6.63. The number of benzene rings is 3. The van der Waals surface area contributed by atoms with Crippen molar-refractivity contribution in [2.24, 2.45) is 10.5 Å². The Kier molecular flexibility index (Phi) is 4.59. The molecule has 6 rings (SSSR count). The number of hydrazone groups is 1. The fourth-order valence-corrected chi connectivity index (χ4v) is 6.40. The van der Waals surface area contributed by atoms with Crippen LogP contribution in [0.4, 0.5) is 0 Å². The maximum Gasteiger partial charge on any atom is 0.205 e. The van der Waals surface area contributed by atoms with Crippen LogP contribution >= 0.6 is 23.2 Å². The van der Waals surface area contributed by atoms with Crippen molar-refractivity contribution in [3.63, 3.8) is 0 Å². The summed E-state index contributed by atoms with van der Waals surface area (Å²) >= 11 is 13.0. The van der Waals surface area contributed by atoms with Crippen molar-refractivity contribution < 1.29 is 9.53 Å². The van der Waals surface area contributed by atoms with Crippen LogP contribution in [0, 0.1) is 5.41 Å². The molecule has 0 saturated heterocycles. The van der Waals surface area contributed by atoms with Crippen molar-refractivity contribution in [3.8, 4) is 5.75 Å². The van der Waals surface area contributed by atoms with Gasteiger partial charge in [-0.3, -0.25) is 4.79 Å². The maximum absolute atomic E-state index is 12.9. The molecule has 0 N–H and O–H groups in total. The summed E-state index contributed by atoms with van der Waals surface area (Å²) in [5.41, 5.74) is 1.93. The Bertz CT molecular complexity index is 1350. The standard InChI is InChI=1S/C27H24Cl2N2O2/c1-26(2)13-20(32)14-27(15-26)31-24(21-10-19(28)11-22(29)25(21)33-27)12-23(30-31)18-8-7-16-5-3-4-6-17(16)9-18/h3-11,24H,12-15H2,1-2H3. The van der Waals surface area contributed by atoms with Crippen molar-refractivity contribution in [2.45, 2.75) is 51.3 Å². The van der Waals surface area contributed by atoms with E-state index in [1.807, 2.05) is 23.2 Å². The van der Waals surface area contributed by atoms with Gasteiger partial charge < -0.3 is 4.74 Å². The smallest absolute Gasteiger partial charge is 0.205 e. The number of fused-ring (bicyclic) bond motifs is 5. The molecule has 1 spiro atoms. The largest absolute Gasteiger partial charge is 0.464 e. The van der Waals surface area contributed by atoms with E-state index in [1.165, 1.54) is 10.8 Å². The molecule has 1 aliphatic carbocycles. The molecule has 1 saturated carbocycles. The van der Waals surface area contributed by atoms with Crippen LogP contribution in [0.5, 0.6) is 5.75 Å². The van der Waals surface area contributed by atoms with Crippen molar-refractivity contribution in [2.75, 3.05) is 0 Å². The van der Waals surface area contributed by atoms with Gasteiger partial charge in [-0.05, 0) is 39.9 Å². The van der Waals surface area contributed by atoms with E-state index in [9.17, 15) is 4.79 Å². The Morgan fingerprint density at radius 2 is 1.82 bits per heavy atom. The van der Waals surface area contributed by atoms with E-state index in [-0.39, 0.29) is 17.2 Å². The van der Waals surface area contributed by atoms with Gasteiger partial charge in [-0.2, -0.15) is 5.10 Å². The summed E-state index contributed by atoms with van der Waals surface area (Å²) in [5.74, 6) is 0.815. The molecule has 0 bridgehead atoms. The van der Waals surface area contributed by atoms with E-state index in [4.69, 9.17) is 33.0 Å². The molecule has 2 unspecified atom stereocenters. The van der Waals surface area contributed by atoms with E-state index < -0.39 is 5.72 Å². The fourth-order valence-electron chi connectivity index (χ4n) is 5.85. The molecule has 3 aromatic rings. The molecule has 6 heteroatoms. The van der Waals surface area contributed by atoms with E-state index in [1.54, 1.807) is 6.07 Å². The lowest BCUT2D eigenvalue weighted by molar-refractivity contribution is -0.171. The predicted octanol–water partition coefficient (Wildman–Crippen LogP) is 7.17. The number of halogens is 2. The number of ether oxygens (including phenoxy) is 1. The maximum atomic E-state index is 12.9. The second-order valence-electron chi connectivity index (χ2n) is 10.3. The SMILES string of the molecule is CC1(C)CC(=O)CC2(C1)Oc1c(Cl)cc(Cl)cc1C1CC(c3ccc4ccccc4c3)=NN12. The molecular weight excluding hydrogens is 455 g/mol. The van der Waals surface area contributed by atoms with Crippen molar-refractivity contribution in [1.29, 1.82) is 0 Å². The number of carbonyl (C=O) groups excluding carboxylic acids is 1. The first kappa shape index (κ1) is 21.0. The zero-order valence-electron chi connectivity index (χ0n) is 18.6. The molecule has 1 fully saturated rings. The van der Waals surface area contributed by atoms with Crippen molar-refractivity contribution >= 4 is 45.5 Å². The highest BCUT2D eigenvalue weighted by Crippen LogP contribution is 2.55. The highest BCUT2D eigenvalue weighted by molar-refractivity contribution is 6.35. The van der Waals surface area contributed by atoms with Crippen LogP contribution in [0.2, 0.25) is 10.0 Å². The van der Waals surface area contributed by atoms with Gasteiger partial charge in [0.2, 0.25) is 5.72 Å². The first-order valence-electron chi connectivity index (χ1n) is 11.3. The first-order valence-corrected chi connectivity index (χ1v) is 12.0. The van der Waals surface area contributed by atoms with Crippen LogP contribution in [-0.4, -0.2) is 22.2 Å². The minimum absolute atomic E-state index is 0.0897. The summed E-state index contributed by atoms with van der Waals surface area (Å²) in [6, 6.07) is 18.3. The van der Waals surface area contributed by atoms with Crippen LogP contribution in [0.15, 0.2) is 59.7 Å². The quantitative estimate of drug-likeness (QED) is 0.372.